The zero-order valence-electron chi connectivity index (χ0n) is 17.6. The number of nitrogens with zero attached hydrogens (tertiary/aromatic N) is 4. The molecule has 33 heavy (non-hydrogen) atoms. The number of hydrogen-bond acceptors (Lipinski definition) is 6. The first kappa shape index (κ1) is 23.9. The fraction of sp³-hybridized carbons (Fsp3) is 0.318. The molecule has 1 aliphatic rings. The van der Waals surface area contributed by atoms with Gasteiger partial charge in [0.2, 0.25) is 0 Å². The van der Waals surface area contributed by atoms with Crippen LogP contribution in [0.3, 0.4) is 0 Å². The number of piperidine rings is 1. The summed E-state index contributed by atoms with van der Waals surface area (Å²) in [4.78, 5) is 30.1. The van der Waals surface area contributed by atoms with E-state index in [-0.39, 0.29) is 16.8 Å². The zero-order chi connectivity index (χ0) is 24.2. The highest BCUT2D eigenvalue weighted by atomic mass is 19.4. The van der Waals surface area contributed by atoms with Crippen LogP contribution in [0.2, 0.25) is 0 Å². The van der Waals surface area contributed by atoms with Gasteiger partial charge in [0.05, 0.1) is 21.7 Å². The Balaban J connectivity index is 0.000000218. The van der Waals surface area contributed by atoms with Crippen LogP contribution in [-0.2, 0) is 6.18 Å². The van der Waals surface area contributed by atoms with Gasteiger partial charge in [0, 0.05) is 37.6 Å². The van der Waals surface area contributed by atoms with Gasteiger partial charge in [-0.2, -0.15) is 13.2 Å². The maximum Gasteiger partial charge on any atom is 0.418 e. The minimum Gasteiger partial charge on any atom is -0.478 e. The van der Waals surface area contributed by atoms with Gasteiger partial charge in [0.15, 0.2) is 0 Å². The quantitative estimate of drug-likeness (QED) is 0.422. The number of fused-ring (bicyclic) bond motifs is 1. The summed E-state index contributed by atoms with van der Waals surface area (Å²) in [6.07, 6.45) is 0.534. The van der Waals surface area contributed by atoms with Crippen LogP contribution in [0.4, 0.5) is 24.5 Å². The number of halogens is 3. The average molecular weight is 462 g/mol. The van der Waals surface area contributed by atoms with Gasteiger partial charge in [0.25, 0.3) is 5.69 Å². The van der Waals surface area contributed by atoms with Crippen LogP contribution in [0.15, 0.2) is 48.8 Å². The molecule has 2 heterocycles. The van der Waals surface area contributed by atoms with Crippen molar-refractivity contribution in [3.05, 3.63) is 70.0 Å². The van der Waals surface area contributed by atoms with E-state index in [2.05, 4.69) is 21.8 Å². The smallest absolute Gasteiger partial charge is 0.418 e. The highest BCUT2D eigenvalue weighted by Gasteiger charge is 2.34. The van der Waals surface area contributed by atoms with E-state index in [1.54, 1.807) is 0 Å². The summed E-state index contributed by atoms with van der Waals surface area (Å²) in [5.41, 5.74) is 0.222. The molecule has 1 N–H and O–H groups in total. The fourth-order valence-corrected chi connectivity index (χ4v) is 3.66. The third-order valence-corrected chi connectivity index (χ3v) is 5.23. The van der Waals surface area contributed by atoms with E-state index in [1.165, 1.54) is 30.6 Å². The highest BCUT2D eigenvalue weighted by molar-refractivity contribution is 5.91. The first-order valence-electron chi connectivity index (χ1n) is 10.1. The molecule has 0 amide bonds. The highest BCUT2D eigenvalue weighted by Crippen LogP contribution is 2.37. The molecule has 11 heteroatoms. The van der Waals surface area contributed by atoms with Crippen molar-refractivity contribution in [3.8, 4) is 0 Å². The summed E-state index contributed by atoms with van der Waals surface area (Å²) in [5.74, 6) is -0.558. The van der Waals surface area contributed by atoms with Crippen LogP contribution in [0.1, 0.15) is 35.7 Å². The summed E-state index contributed by atoms with van der Waals surface area (Å²) in [6.45, 7) is 3.85. The van der Waals surface area contributed by atoms with Crippen molar-refractivity contribution >= 4 is 28.4 Å². The van der Waals surface area contributed by atoms with Crippen molar-refractivity contribution in [3.63, 3.8) is 0 Å². The van der Waals surface area contributed by atoms with Crippen LogP contribution in [0.5, 0.6) is 0 Å². The number of anilines is 1. The summed E-state index contributed by atoms with van der Waals surface area (Å²) < 4.78 is 39.2. The minimum absolute atomic E-state index is 0.0422. The molecule has 4 rings (SSSR count). The van der Waals surface area contributed by atoms with Gasteiger partial charge in [-0.1, -0.05) is 6.92 Å². The normalized spacial score (nSPS) is 16.1. The SMILES string of the molecule is CC1CCCN(c2ccc(C(F)(F)F)c3nccnc23)C1.O=C(O)c1ccc([N+](=O)[O-])cc1. The number of alkyl halides is 3. The van der Waals surface area contributed by atoms with Gasteiger partial charge in [-0.05, 0) is 43.0 Å². The third-order valence-electron chi connectivity index (χ3n) is 5.23. The minimum atomic E-state index is -4.41. The summed E-state index contributed by atoms with van der Waals surface area (Å²) in [7, 11) is 0. The molecule has 0 bridgehead atoms. The van der Waals surface area contributed by atoms with E-state index in [0.717, 1.165) is 49.8 Å². The fourth-order valence-electron chi connectivity index (χ4n) is 3.66. The van der Waals surface area contributed by atoms with Crippen LogP contribution < -0.4 is 4.90 Å². The lowest BCUT2D eigenvalue weighted by Gasteiger charge is -2.33. The lowest BCUT2D eigenvalue weighted by Crippen LogP contribution is -2.34. The predicted molar refractivity (Wildman–Crippen MR) is 115 cm³/mol. The summed E-state index contributed by atoms with van der Waals surface area (Å²) in [6, 6.07) is 7.34. The lowest BCUT2D eigenvalue weighted by molar-refractivity contribution is -0.384. The van der Waals surface area contributed by atoms with E-state index in [0.29, 0.717) is 11.4 Å². The van der Waals surface area contributed by atoms with Gasteiger partial charge in [-0.25, -0.2) is 4.79 Å². The van der Waals surface area contributed by atoms with E-state index < -0.39 is 22.6 Å². The Labute approximate surface area is 186 Å². The summed E-state index contributed by atoms with van der Waals surface area (Å²) >= 11 is 0. The maximum atomic E-state index is 13.1. The van der Waals surface area contributed by atoms with Crippen LogP contribution in [-0.4, -0.2) is 39.1 Å². The third kappa shape index (κ3) is 5.73. The first-order chi connectivity index (χ1) is 15.6. The van der Waals surface area contributed by atoms with Crippen LogP contribution in [0.25, 0.3) is 11.0 Å². The molecule has 1 saturated heterocycles. The number of benzene rings is 2. The Bertz CT molecular complexity index is 1120. The van der Waals surface area contributed by atoms with Gasteiger partial charge in [0.1, 0.15) is 11.0 Å². The molecular weight excluding hydrogens is 441 g/mol. The predicted octanol–water partition coefficient (Wildman–Crippen LogP) is 5.18. The summed E-state index contributed by atoms with van der Waals surface area (Å²) in [5, 5.41) is 18.6. The standard InChI is InChI=1S/C15H16F3N3.C7H5NO4/c1-10-3-2-8-21(9-10)12-5-4-11(15(16,17)18)13-14(12)20-7-6-19-13;9-7(10)5-1-3-6(4-2-5)8(11)12/h4-7,10H,2-3,8-9H2,1H3;1-4H,(H,9,10). The van der Waals surface area contributed by atoms with Crippen molar-refractivity contribution in [1.29, 1.82) is 0 Å². The molecule has 0 spiro atoms. The average Bonchev–Trinajstić information content (AvgIpc) is 2.78. The number of carboxylic acid groups (broad SMARTS) is 1. The van der Waals surface area contributed by atoms with Gasteiger partial charge < -0.3 is 10.0 Å². The molecule has 3 aromatic rings. The monoisotopic (exact) mass is 462 g/mol. The molecule has 0 aliphatic carbocycles. The number of nitro benzene ring substituents is 1. The molecule has 174 valence electrons. The zero-order valence-corrected chi connectivity index (χ0v) is 17.6. The van der Waals surface area contributed by atoms with Crippen molar-refractivity contribution in [2.75, 3.05) is 18.0 Å². The Kier molecular flexibility index (Phi) is 7.10. The van der Waals surface area contributed by atoms with Crippen LogP contribution >= 0.6 is 0 Å². The Morgan fingerprint density at radius 1 is 1.12 bits per heavy atom. The van der Waals surface area contributed by atoms with Crippen molar-refractivity contribution in [1.82, 2.24) is 9.97 Å². The molecule has 0 saturated carbocycles. The molecule has 2 aromatic carbocycles. The van der Waals surface area contributed by atoms with Crippen molar-refractivity contribution in [2.24, 2.45) is 5.92 Å². The van der Waals surface area contributed by atoms with Gasteiger partial charge in [-0.15, -0.1) is 0 Å². The van der Waals surface area contributed by atoms with Gasteiger partial charge >= 0.3 is 12.1 Å². The molecule has 1 aromatic heterocycles. The second-order valence-corrected chi connectivity index (χ2v) is 7.69. The van der Waals surface area contributed by atoms with E-state index in [4.69, 9.17) is 5.11 Å². The molecule has 1 atom stereocenters. The maximum absolute atomic E-state index is 13.1. The molecule has 1 unspecified atom stereocenters. The molecule has 8 nitrogen and oxygen atoms in total. The number of carbonyl (C=O) groups is 1. The Morgan fingerprint density at radius 3 is 2.30 bits per heavy atom. The lowest BCUT2D eigenvalue weighted by atomic mass is 9.99. The van der Waals surface area contributed by atoms with E-state index >= 15 is 0 Å². The molecule has 1 aliphatic heterocycles. The molecule has 1 fully saturated rings. The van der Waals surface area contributed by atoms with E-state index in [9.17, 15) is 28.1 Å². The number of non-ortho nitro benzene ring substituents is 1. The molecule has 0 radical (unpaired) electrons. The second kappa shape index (κ2) is 9.80. The number of nitro groups is 1. The number of carboxylic acids is 1. The number of hydrogen-bond donors (Lipinski definition) is 1. The Hall–Kier alpha value is -3.76. The largest absolute Gasteiger partial charge is 0.478 e. The second-order valence-electron chi connectivity index (χ2n) is 7.69. The number of rotatable bonds is 3. The first-order valence-corrected chi connectivity index (χ1v) is 10.1. The van der Waals surface area contributed by atoms with Crippen molar-refractivity contribution < 1.29 is 28.0 Å². The van der Waals surface area contributed by atoms with Crippen LogP contribution in [0, 0.1) is 16.0 Å². The number of aromatic carboxylic acids is 1. The van der Waals surface area contributed by atoms with E-state index in [1.807, 2.05) is 0 Å². The number of aromatic nitrogens is 2. The topological polar surface area (TPSA) is 109 Å². The Morgan fingerprint density at radius 2 is 1.76 bits per heavy atom. The van der Waals surface area contributed by atoms with Crippen molar-refractivity contribution in [2.45, 2.75) is 25.9 Å². The molecular formula is C22H21F3N4O4. The van der Waals surface area contributed by atoms with Gasteiger partial charge in [-0.3, -0.25) is 20.1 Å².